The normalized spacial score (nSPS) is 15.5. The number of hydrogen-bond donors (Lipinski definition) is 2. The summed E-state index contributed by atoms with van der Waals surface area (Å²) in [4.78, 5) is 19.0. The van der Waals surface area contributed by atoms with Crippen molar-refractivity contribution < 1.29 is 9.53 Å². The molecule has 3 heterocycles. The first-order valence-electron chi connectivity index (χ1n) is 9.27. The van der Waals surface area contributed by atoms with Gasteiger partial charge in [0.25, 0.3) is 0 Å². The maximum Gasteiger partial charge on any atom is 0.315 e. The Hall–Kier alpha value is -2.61. The molecule has 146 valence electrons. The van der Waals surface area contributed by atoms with Gasteiger partial charge in [0.15, 0.2) is 0 Å². The summed E-state index contributed by atoms with van der Waals surface area (Å²) < 4.78 is 7.22. The number of carbonyl (C=O) groups is 1. The van der Waals surface area contributed by atoms with Crippen molar-refractivity contribution in [3.05, 3.63) is 40.8 Å². The molecule has 1 aliphatic heterocycles. The Morgan fingerprint density at radius 3 is 2.74 bits per heavy atom. The van der Waals surface area contributed by atoms with Crippen molar-refractivity contribution in [1.82, 2.24) is 25.4 Å². The number of anilines is 1. The summed E-state index contributed by atoms with van der Waals surface area (Å²) in [6.45, 7) is 9.51. The molecule has 0 bridgehead atoms. The van der Waals surface area contributed by atoms with E-state index in [-0.39, 0.29) is 12.1 Å². The smallest absolute Gasteiger partial charge is 0.315 e. The van der Waals surface area contributed by atoms with Crippen molar-refractivity contribution in [2.75, 3.05) is 31.2 Å². The van der Waals surface area contributed by atoms with E-state index < -0.39 is 0 Å². The first kappa shape index (κ1) is 19.2. The van der Waals surface area contributed by atoms with Crippen LogP contribution in [0.15, 0.2) is 18.3 Å². The number of nitrogens with one attached hydrogen (secondary N) is 2. The Bertz CT molecular complexity index is 797. The van der Waals surface area contributed by atoms with Gasteiger partial charge in [0.05, 0.1) is 24.9 Å². The van der Waals surface area contributed by atoms with E-state index in [0.29, 0.717) is 6.54 Å². The van der Waals surface area contributed by atoms with E-state index in [0.717, 1.165) is 54.6 Å². The van der Waals surface area contributed by atoms with Crippen molar-refractivity contribution in [2.24, 2.45) is 7.05 Å². The van der Waals surface area contributed by atoms with Crippen LogP contribution in [-0.2, 0) is 18.3 Å². The summed E-state index contributed by atoms with van der Waals surface area (Å²) in [7, 11) is 1.91. The zero-order valence-electron chi connectivity index (χ0n) is 16.5. The van der Waals surface area contributed by atoms with Crippen LogP contribution in [0.3, 0.4) is 0 Å². The molecule has 0 aliphatic carbocycles. The fourth-order valence-corrected chi connectivity index (χ4v) is 3.45. The Labute approximate surface area is 159 Å². The van der Waals surface area contributed by atoms with E-state index in [1.54, 1.807) is 6.20 Å². The van der Waals surface area contributed by atoms with Crippen molar-refractivity contribution in [1.29, 1.82) is 0 Å². The fourth-order valence-electron chi connectivity index (χ4n) is 3.45. The monoisotopic (exact) mass is 372 g/mol. The van der Waals surface area contributed by atoms with Crippen LogP contribution >= 0.6 is 0 Å². The molecule has 1 aliphatic rings. The van der Waals surface area contributed by atoms with Crippen molar-refractivity contribution in [2.45, 2.75) is 33.4 Å². The molecule has 2 amide bonds. The first-order chi connectivity index (χ1) is 13.0. The lowest BCUT2D eigenvalue weighted by Gasteiger charge is -2.28. The molecule has 0 spiro atoms. The highest BCUT2D eigenvalue weighted by Crippen LogP contribution is 2.20. The summed E-state index contributed by atoms with van der Waals surface area (Å²) in [6, 6.07) is 3.63. The molecule has 8 heteroatoms. The zero-order valence-corrected chi connectivity index (χ0v) is 16.5. The third-order valence-corrected chi connectivity index (χ3v) is 4.94. The number of urea groups is 1. The summed E-state index contributed by atoms with van der Waals surface area (Å²) >= 11 is 0. The fraction of sp³-hybridized carbons (Fsp3) is 0.526. The molecule has 27 heavy (non-hydrogen) atoms. The van der Waals surface area contributed by atoms with E-state index >= 15 is 0 Å². The van der Waals surface area contributed by atoms with Gasteiger partial charge < -0.3 is 20.3 Å². The highest BCUT2D eigenvalue weighted by atomic mass is 16.5. The minimum absolute atomic E-state index is 0.111. The number of amides is 2. The van der Waals surface area contributed by atoms with Crippen molar-refractivity contribution >= 4 is 11.8 Å². The van der Waals surface area contributed by atoms with Crippen LogP contribution in [-0.4, -0.2) is 47.1 Å². The number of pyridine rings is 1. The van der Waals surface area contributed by atoms with Crippen molar-refractivity contribution in [3.63, 3.8) is 0 Å². The van der Waals surface area contributed by atoms with Gasteiger partial charge in [-0.15, -0.1) is 0 Å². The third-order valence-electron chi connectivity index (χ3n) is 4.94. The van der Waals surface area contributed by atoms with Crippen molar-refractivity contribution in [3.8, 4) is 0 Å². The Balaban J connectivity index is 1.56. The minimum Gasteiger partial charge on any atom is -0.378 e. The Morgan fingerprint density at radius 2 is 2.07 bits per heavy atom. The number of ether oxygens (including phenoxy) is 1. The van der Waals surface area contributed by atoms with E-state index in [9.17, 15) is 4.79 Å². The number of aromatic nitrogens is 3. The highest BCUT2D eigenvalue weighted by molar-refractivity contribution is 5.74. The van der Waals surface area contributed by atoms with E-state index in [1.807, 2.05) is 44.6 Å². The predicted molar refractivity (Wildman–Crippen MR) is 104 cm³/mol. The Kier molecular flexibility index (Phi) is 5.95. The second-order valence-corrected chi connectivity index (χ2v) is 6.88. The van der Waals surface area contributed by atoms with Gasteiger partial charge in [-0.25, -0.2) is 9.78 Å². The van der Waals surface area contributed by atoms with Gasteiger partial charge in [-0.1, -0.05) is 0 Å². The molecule has 1 unspecified atom stereocenters. The quantitative estimate of drug-likeness (QED) is 0.836. The van der Waals surface area contributed by atoms with Crippen LogP contribution in [0.25, 0.3) is 0 Å². The maximum absolute atomic E-state index is 12.3. The first-order valence-corrected chi connectivity index (χ1v) is 9.27. The van der Waals surface area contributed by atoms with Gasteiger partial charge in [-0.3, -0.25) is 4.68 Å². The van der Waals surface area contributed by atoms with Crippen LogP contribution in [0.1, 0.15) is 35.5 Å². The second kappa shape index (κ2) is 8.39. The van der Waals surface area contributed by atoms with Crippen LogP contribution in [0.2, 0.25) is 0 Å². The third kappa shape index (κ3) is 4.57. The molecule has 1 saturated heterocycles. The lowest BCUT2D eigenvalue weighted by Crippen LogP contribution is -2.37. The van der Waals surface area contributed by atoms with Gasteiger partial charge in [0.2, 0.25) is 0 Å². The van der Waals surface area contributed by atoms with Crippen LogP contribution in [0.5, 0.6) is 0 Å². The highest BCUT2D eigenvalue weighted by Gasteiger charge is 2.18. The average molecular weight is 372 g/mol. The maximum atomic E-state index is 12.3. The summed E-state index contributed by atoms with van der Waals surface area (Å²) in [6.07, 6.45) is 1.78. The molecule has 2 N–H and O–H groups in total. The molecule has 1 atom stereocenters. The molecule has 0 saturated carbocycles. The van der Waals surface area contributed by atoms with E-state index in [1.165, 1.54) is 0 Å². The predicted octanol–water partition coefficient (Wildman–Crippen LogP) is 1.83. The summed E-state index contributed by atoms with van der Waals surface area (Å²) in [5.74, 6) is 0.924. The number of rotatable bonds is 5. The molecule has 8 nitrogen and oxygen atoms in total. The molecule has 2 aromatic heterocycles. The Morgan fingerprint density at radius 1 is 1.33 bits per heavy atom. The largest absolute Gasteiger partial charge is 0.378 e. The molecular weight excluding hydrogens is 344 g/mol. The molecule has 3 rings (SSSR count). The number of nitrogens with zero attached hydrogens (tertiary/aromatic N) is 4. The molecule has 2 aromatic rings. The van der Waals surface area contributed by atoms with Gasteiger partial charge in [-0.05, 0) is 38.5 Å². The standard InChI is InChI=1S/C19H28N6O2/c1-13(18-14(2)23-24(4)15(18)3)22-19(26)21-12-16-5-6-20-17(11-16)25-7-9-27-10-8-25/h5-6,11,13H,7-10,12H2,1-4H3,(H2,21,22,26). The number of aryl methyl sites for hydroxylation is 2. The molecule has 1 fully saturated rings. The number of hydrogen-bond acceptors (Lipinski definition) is 5. The summed E-state index contributed by atoms with van der Waals surface area (Å²) in [5, 5.41) is 10.3. The lowest BCUT2D eigenvalue weighted by molar-refractivity contribution is 0.122. The van der Waals surface area contributed by atoms with Crippen LogP contribution in [0.4, 0.5) is 10.6 Å². The van der Waals surface area contributed by atoms with Gasteiger partial charge >= 0.3 is 6.03 Å². The lowest BCUT2D eigenvalue weighted by atomic mass is 10.1. The van der Waals surface area contributed by atoms with Crippen LogP contribution < -0.4 is 15.5 Å². The number of carbonyl (C=O) groups excluding carboxylic acids is 1. The van der Waals surface area contributed by atoms with E-state index in [4.69, 9.17) is 4.74 Å². The van der Waals surface area contributed by atoms with Gasteiger partial charge in [-0.2, -0.15) is 5.10 Å². The summed E-state index contributed by atoms with van der Waals surface area (Å²) in [5.41, 5.74) is 4.07. The zero-order chi connectivity index (χ0) is 19.4. The number of morpholine rings is 1. The average Bonchev–Trinajstić information content (AvgIpc) is 2.93. The molecule has 0 aromatic carbocycles. The van der Waals surface area contributed by atoms with Gasteiger partial charge in [0, 0.05) is 44.1 Å². The van der Waals surface area contributed by atoms with Crippen LogP contribution in [0, 0.1) is 13.8 Å². The van der Waals surface area contributed by atoms with Gasteiger partial charge in [0.1, 0.15) is 5.82 Å². The second-order valence-electron chi connectivity index (χ2n) is 6.88. The topological polar surface area (TPSA) is 84.3 Å². The molecular formula is C19H28N6O2. The SMILES string of the molecule is Cc1nn(C)c(C)c1C(C)NC(=O)NCc1ccnc(N2CCOCC2)c1. The van der Waals surface area contributed by atoms with E-state index in [2.05, 4.69) is 25.6 Å². The minimum atomic E-state index is -0.199. The molecule has 0 radical (unpaired) electrons.